The van der Waals surface area contributed by atoms with Crippen LogP contribution < -0.4 is 0 Å². The van der Waals surface area contributed by atoms with Gasteiger partial charge < -0.3 is 9.84 Å². The summed E-state index contributed by atoms with van der Waals surface area (Å²) in [4.78, 5) is 10.5. The lowest BCUT2D eigenvalue weighted by molar-refractivity contribution is -0.138. The predicted molar refractivity (Wildman–Crippen MR) is 60.9 cm³/mol. The van der Waals surface area contributed by atoms with E-state index in [1.165, 1.54) is 0 Å². The molecule has 0 saturated heterocycles. The van der Waals surface area contributed by atoms with Crippen LogP contribution in [-0.4, -0.2) is 24.8 Å². The summed E-state index contributed by atoms with van der Waals surface area (Å²) < 4.78 is 5.08. The number of methoxy groups -OCH3 is 1. The zero-order chi connectivity index (χ0) is 11.7. The molecule has 0 amide bonds. The Balaban J connectivity index is 0.000000921. The molecular weight excluding hydrogens is 192 g/mol. The third-order valence-corrected chi connectivity index (χ3v) is 2.83. The fourth-order valence-corrected chi connectivity index (χ4v) is 2.08. The molecule has 1 rings (SSSR count). The molecule has 0 unspecified atom stereocenters. The molecule has 0 bridgehead atoms. The van der Waals surface area contributed by atoms with Crippen LogP contribution >= 0.6 is 0 Å². The zero-order valence-electron chi connectivity index (χ0n) is 10.2. The minimum absolute atomic E-state index is 0.347. The van der Waals surface area contributed by atoms with E-state index in [-0.39, 0.29) is 0 Å². The van der Waals surface area contributed by atoms with Gasteiger partial charge in [-0.15, -0.1) is 0 Å². The number of hydrogen-bond donors (Lipinski definition) is 1. The molecule has 0 aliphatic heterocycles. The first-order valence-electron chi connectivity index (χ1n) is 5.93. The van der Waals surface area contributed by atoms with Crippen molar-refractivity contribution in [2.75, 3.05) is 13.7 Å². The van der Waals surface area contributed by atoms with E-state index >= 15 is 0 Å². The molecule has 1 N–H and O–H groups in total. The number of ether oxygens (including phenoxy) is 1. The molecule has 1 aliphatic rings. The second kappa shape index (κ2) is 8.72. The SMILES string of the molecule is CC.COCC1CCC(CC(=O)O)CC1. The van der Waals surface area contributed by atoms with Crippen LogP contribution in [0.25, 0.3) is 0 Å². The fraction of sp³-hybridized carbons (Fsp3) is 0.917. The maximum Gasteiger partial charge on any atom is 0.303 e. The summed E-state index contributed by atoms with van der Waals surface area (Å²) in [5.74, 6) is 0.413. The molecule has 1 aliphatic carbocycles. The smallest absolute Gasteiger partial charge is 0.303 e. The van der Waals surface area contributed by atoms with Crippen LogP contribution in [0.1, 0.15) is 46.0 Å². The summed E-state index contributed by atoms with van der Waals surface area (Å²) >= 11 is 0. The first-order chi connectivity index (χ1) is 7.22. The minimum Gasteiger partial charge on any atom is -0.481 e. The van der Waals surface area contributed by atoms with Gasteiger partial charge in [0, 0.05) is 20.1 Å². The molecule has 0 aromatic heterocycles. The van der Waals surface area contributed by atoms with Crippen molar-refractivity contribution in [3.05, 3.63) is 0 Å². The first kappa shape index (κ1) is 14.4. The van der Waals surface area contributed by atoms with Crippen molar-refractivity contribution < 1.29 is 14.6 Å². The van der Waals surface area contributed by atoms with Gasteiger partial charge in [0.05, 0.1) is 0 Å². The minimum atomic E-state index is -0.657. The third kappa shape index (κ3) is 6.50. The van der Waals surface area contributed by atoms with E-state index < -0.39 is 5.97 Å². The molecule has 0 atom stereocenters. The summed E-state index contributed by atoms with van der Waals surface area (Å²) in [7, 11) is 1.73. The van der Waals surface area contributed by atoms with Gasteiger partial charge in [-0.1, -0.05) is 13.8 Å². The molecule has 0 spiro atoms. The van der Waals surface area contributed by atoms with Gasteiger partial charge in [-0.05, 0) is 37.5 Å². The Hall–Kier alpha value is -0.570. The van der Waals surface area contributed by atoms with E-state index in [0.29, 0.717) is 18.3 Å². The lowest BCUT2D eigenvalue weighted by Gasteiger charge is -2.26. The maximum absolute atomic E-state index is 10.5. The van der Waals surface area contributed by atoms with Crippen LogP contribution in [0.2, 0.25) is 0 Å². The maximum atomic E-state index is 10.5. The normalized spacial score (nSPS) is 25.3. The topological polar surface area (TPSA) is 46.5 Å². The number of carboxylic acids is 1. The van der Waals surface area contributed by atoms with Crippen molar-refractivity contribution in [2.24, 2.45) is 11.8 Å². The third-order valence-electron chi connectivity index (χ3n) is 2.83. The largest absolute Gasteiger partial charge is 0.481 e. The Labute approximate surface area is 92.8 Å². The number of rotatable bonds is 4. The molecular formula is C12H24O3. The van der Waals surface area contributed by atoms with Gasteiger partial charge in [-0.3, -0.25) is 4.79 Å². The number of hydrogen-bond acceptors (Lipinski definition) is 2. The lowest BCUT2D eigenvalue weighted by atomic mass is 9.81. The lowest BCUT2D eigenvalue weighted by Crippen LogP contribution is -2.19. The second-order valence-electron chi connectivity index (χ2n) is 3.94. The van der Waals surface area contributed by atoms with E-state index in [9.17, 15) is 4.79 Å². The molecule has 0 aromatic carbocycles. The predicted octanol–water partition coefficient (Wildman–Crippen LogP) is 2.94. The standard InChI is InChI=1S/C10H18O3.C2H6/c1-13-7-9-4-2-8(3-5-9)6-10(11)12;1-2/h8-9H,2-7H2,1H3,(H,11,12);1-2H3. The monoisotopic (exact) mass is 216 g/mol. The van der Waals surface area contributed by atoms with E-state index in [4.69, 9.17) is 9.84 Å². The van der Waals surface area contributed by atoms with E-state index in [0.717, 1.165) is 32.3 Å². The highest BCUT2D eigenvalue weighted by Crippen LogP contribution is 2.30. The van der Waals surface area contributed by atoms with Crippen LogP contribution in [0, 0.1) is 11.8 Å². The van der Waals surface area contributed by atoms with Crippen molar-refractivity contribution in [1.82, 2.24) is 0 Å². The highest BCUT2D eigenvalue weighted by atomic mass is 16.5. The average Bonchev–Trinajstić information content (AvgIpc) is 2.24. The van der Waals surface area contributed by atoms with Crippen LogP contribution in [0.3, 0.4) is 0 Å². The number of carbonyl (C=O) groups is 1. The van der Waals surface area contributed by atoms with Gasteiger partial charge in [0.1, 0.15) is 0 Å². The summed E-state index contributed by atoms with van der Waals surface area (Å²) in [5.41, 5.74) is 0. The molecule has 15 heavy (non-hydrogen) atoms. The molecule has 0 radical (unpaired) electrons. The molecule has 0 aromatic rings. The Morgan fingerprint density at radius 1 is 1.20 bits per heavy atom. The van der Waals surface area contributed by atoms with Crippen LogP contribution in [0.5, 0.6) is 0 Å². The fourth-order valence-electron chi connectivity index (χ4n) is 2.08. The summed E-state index contributed by atoms with van der Waals surface area (Å²) in [6, 6.07) is 0. The Kier molecular flexibility index (Phi) is 8.38. The first-order valence-corrected chi connectivity index (χ1v) is 5.93. The van der Waals surface area contributed by atoms with Crippen molar-refractivity contribution in [3.63, 3.8) is 0 Å². The van der Waals surface area contributed by atoms with Crippen molar-refractivity contribution >= 4 is 5.97 Å². The average molecular weight is 216 g/mol. The van der Waals surface area contributed by atoms with Crippen LogP contribution in [-0.2, 0) is 9.53 Å². The molecule has 3 nitrogen and oxygen atoms in total. The molecule has 1 fully saturated rings. The quantitative estimate of drug-likeness (QED) is 0.786. The highest BCUT2D eigenvalue weighted by Gasteiger charge is 2.22. The van der Waals surface area contributed by atoms with Gasteiger partial charge >= 0.3 is 5.97 Å². The number of aliphatic carboxylic acids is 1. The Morgan fingerprint density at radius 3 is 2.07 bits per heavy atom. The van der Waals surface area contributed by atoms with Crippen LogP contribution in [0.15, 0.2) is 0 Å². The summed E-state index contributed by atoms with van der Waals surface area (Å²) in [5, 5.41) is 8.61. The Morgan fingerprint density at radius 2 is 1.67 bits per heavy atom. The Bertz CT molecular complexity index is 160. The molecule has 90 valence electrons. The summed E-state index contributed by atoms with van der Waals surface area (Å²) in [6.45, 7) is 4.83. The van der Waals surface area contributed by atoms with Gasteiger partial charge in [-0.2, -0.15) is 0 Å². The molecule has 0 heterocycles. The van der Waals surface area contributed by atoms with E-state index in [2.05, 4.69) is 0 Å². The van der Waals surface area contributed by atoms with Crippen LogP contribution in [0.4, 0.5) is 0 Å². The second-order valence-corrected chi connectivity index (χ2v) is 3.94. The van der Waals surface area contributed by atoms with Gasteiger partial charge in [0.2, 0.25) is 0 Å². The van der Waals surface area contributed by atoms with E-state index in [1.807, 2.05) is 13.8 Å². The number of carboxylic acid groups (broad SMARTS) is 1. The molecule has 1 saturated carbocycles. The van der Waals surface area contributed by atoms with Gasteiger partial charge in [0.15, 0.2) is 0 Å². The zero-order valence-corrected chi connectivity index (χ0v) is 10.2. The van der Waals surface area contributed by atoms with E-state index in [1.54, 1.807) is 7.11 Å². The van der Waals surface area contributed by atoms with Crippen molar-refractivity contribution in [2.45, 2.75) is 46.0 Å². The molecule has 3 heteroatoms. The summed E-state index contributed by atoms with van der Waals surface area (Å²) in [6.07, 6.45) is 4.72. The van der Waals surface area contributed by atoms with Gasteiger partial charge in [-0.25, -0.2) is 0 Å². The highest BCUT2D eigenvalue weighted by molar-refractivity contribution is 5.67. The van der Waals surface area contributed by atoms with Crippen molar-refractivity contribution in [3.8, 4) is 0 Å². The van der Waals surface area contributed by atoms with Crippen molar-refractivity contribution in [1.29, 1.82) is 0 Å². The van der Waals surface area contributed by atoms with Gasteiger partial charge in [0.25, 0.3) is 0 Å².